The van der Waals surface area contributed by atoms with Crippen molar-refractivity contribution in [3.8, 4) is 0 Å². The molecule has 0 N–H and O–H groups in total. The van der Waals surface area contributed by atoms with Gasteiger partial charge in [0.1, 0.15) is 17.8 Å². The van der Waals surface area contributed by atoms with Gasteiger partial charge >= 0.3 is 11.9 Å². The number of benzene rings is 1. The van der Waals surface area contributed by atoms with Crippen LogP contribution in [0.1, 0.15) is 70.2 Å². The first kappa shape index (κ1) is 24.4. The zero-order valence-electron chi connectivity index (χ0n) is 20.8. The Morgan fingerprint density at radius 1 is 1.21 bits per heavy atom. The summed E-state index contributed by atoms with van der Waals surface area (Å²) in [5, 5.41) is 0.0825. The molecule has 2 saturated heterocycles. The van der Waals surface area contributed by atoms with E-state index in [4.69, 9.17) is 18.6 Å². The van der Waals surface area contributed by atoms with Gasteiger partial charge in [-0.3, -0.25) is 4.79 Å². The molecule has 1 aliphatic carbocycles. The van der Waals surface area contributed by atoms with Crippen molar-refractivity contribution in [2.45, 2.75) is 101 Å². The lowest BCUT2D eigenvalue weighted by atomic mass is 9.74. The molecule has 0 radical (unpaired) electrons. The third-order valence-electron chi connectivity index (χ3n) is 8.34. The monoisotopic (exact) mass is 474 g/mol. The average molecular weight is 475 g/mol. The smallest absolute Gasteiger partial charge is 0.338 e. The van der Waals surface area contributed by atoms with Crippen LogP contribution in [-0.2, 0) is 23.4 Å². The lowest BCUT2D eigenvalue weighted by Crippen LogP contribution is -2.51. The van der Waals surface area contributed by atoms with Crippen LogP contribution in [0.3, 0.4) is 0 Å². The number of esters is 2. The Balaban J connectivity index is 1.57. The Hall–Kier alpha value is -1.70. The number of hydrogen-bond acceptors (Lipinski definition) is 6. The third kappa shape index (κ3) is 4.52. The molecular weight excluding hydrogens is 436 g/mol. The zero-order chi connectivity index (χ0) is 24.1. The number of rotatable bonds is 5. The van der Waals surface area contributed by atoms with E-state index in [9.17, 15) is 9.59 Å². The van der Waals surface area contributed by atoms with E-state index in [0.29, 0.717) is 18.6 Å². The van der Waals surface area contributed by atoms with E-state index in [2.05, 4.69) is 40.8 Å². The van der Waals surface area contributed by atoms with Gasteiger partial charge in [0.05, 0.1) is 24.2 Å². The van der Waals surface area contributed by atoms with Gasteiger partial charge in [-0.1, -0.05) is 39.0 Å². The summed E-state index contributed by atoms with van der Waals surface area (Å²) in [4.78, 5) is 25.1. The molecule has 7 heteroatoms. The predicted octanol–water partition coefficient (Wildman–Crippen LogP) is 5.27. The maximum atomic E-state index is 12.8. The van der Waals surface area contributed by atoms with Crippen LogP contribution in [-0.4, -0.2) is 50.3 Å². The Morgan fingerprint density at radius 3 is 2.58 bits per heavy atom. The second-order valence-electron chi connectivity index (χ2n) is 11.7. The fraction of sp³-hybridized carbons (Fsp3) is 0.692. The van der Waals surface area contributed by atoms with E-state index >= 15 is 0 Å². The summed E-state index contributed by atoms with van der Waals surface area (Å²) in [5.74, 6) is -0.603. The highest BCUT2D eigenvalue weighted by atomic mass is 28.4. The van der Waals surface area contributed by atoms with E-state index in [1.807, 2.05) is 18.2 Å². The van der Waals surface area contributed by atoms with E-state index in [0.717, 1.165) is 19.3 Å². The standard InChI is InChI=1S/C26H38O6Si/c1-24(2,3)33(5,6)29-17-25(4)20-15-19(30-23(28)18-11-8-7-9-12-18)13-10-14-26(20)21(31-25)16-22(27)32-26/h7-9,11-12,19-21H,10,13-17H2,1-6H3/t19-,20+,21+,25+,26+/m0/s1. The Labute approximate surface area is 198 Å². The molecule has 2 heterocycles. The molecule has 1 aromatic rings. The van der Waals surface area contributed by atoms with E-state index < -0.39 is 19.5 Å². The van der Waals surface area contributed by atoms with Gasteiger partial charge in [0, 0.05) is 5.92 Å². The fourth-order valence-corrected chi connectivity index (χ4v) is 6.48. The molecule has 1 spiro atoms. The quantitative estimate of drug-likeness (QED) is 0.428. The fourth-order valence-electron chi connectivity index (χ4n) is 5.40. The SMILES string of the molecule is CC(C)(C)[Si](C)(C)OC[C@@]1(C)O[C@@H]2CC(=O)O[C@@]23CCC[C@H](OC(=O)c2ccccc2)C[C@@H]31. The van der Waals surface area contributed by atoms with Gasteiger partial charge in [-0.2, -0.15) is 0 Å². The Morgan fingerprint density at radius 2 is 1.91 bits per heavy atom. The third-order valence-corrected chi connectivity index (χ3v) is 12.8. The van der Waals surface area contributed by atoms with Crippen LogP contribution < -0.4 is 0 Å². The minimum atomic E-state index is -2.00. The van der Waals surface area contributed by atoms with Gasteiger partial charge in [0.15, 0.2) is 8.32 Å². The van der Waals surface area contributed by atoms with Gasteiger partial charge in [0.25, 0.3) is 0 Å². The van der Waals surface area contributed by atoms with Gasteiger partial charge in [-0.05, 0) is 62.9 Å². The Bertz CT molecular complexity index is 894. The predicted molar refractivity (Wildman–Crippen MR) is 127 cm³/mol. The van der Waals surface area contributed by atoms with Crippen LogP contribution in [0, 0.1) is 5.92 Å². The van der Waals surface area contributed by atoms with Crippen molar-refractivity contribution in [2.24, 2.45) is 5.92 Å². The zero-order valence-corrected chi connectivity index (χ0v) is 21.8. The number of ether oxygens (including phenoxy) is 3. The Kier molecular flexibility index (Phi) is 6.29. The van der Waals surface area contributed by atoms with E-state index in [1.54, 1.807) is 12.1 Å². The molecule has 33 heavy (non-hydrogen) atoms. The summed E-state index contributed by atoms with van der Waals surface area (Å²) >= 11 is 0. The van der Waals surface area contributed by atoms with Crippen LogP contribution in [0.4, 0.5) is 0 Å². The first-order valence-corrected chi connectivity index (χ1v) is 15.1. The summed E-state index contributed by atoms with van der Waals surface area (Å²) in [6.45, 7) is 13.7. The maximum absolute atomic E-state index is 12.8. The van der Waals surface area contributed by atoms with Crippen molar-refractivity contribution in [3.05, 3.63) is 35.9 Å². The van der Waals surface area contributed by atoms with Gasteiger partial charge in [-0.15, -0.1) is 0 Å². The minimum absolute atomic E-state index is 0.0825. The molecule has 0 amide bonds. The molecule has 3 aliphatic rings. The van der Waals surface area contributed by atoms with Crippen LogP contribution in [0.5, 0.6) is 0 Å². The molecule has 1 aromatic carbocycles. The molecular formula is C26H38O6Si. The van der Waals surface area contributed by atoms with Gasteiger partial charge < -0.3 is 18.6 Å². The van der Waals surface area contributed by atoms with Crippen LogP contribution in [0.25, 0.3) is 0 Å². The van der Waals surface area contributed by atoms with Crippen molar-refractivity contribution in [2.75, 3.05) is 6.61 Å². The second-order valence-corrected chi connectivity index (χ2v) is 16.5. The minimum Gasteiger partial charge on any atom is -0.459 e. The lowest BCUT2D eigenvalue weighted by Gasteiger charge is -2.42. The summed E-state index contributed by atoms with van der Waals surface area (Å²) in [6, 6.07) is 9.09. The van der Waals surface area contributed by atoms with Gasteiger partial charge in [-0.25, -0.2) is 4.79 Å². The normalized spacial score (nSPS) is 34.2. The topological polar surface area (TPSA) is 71.1 Å². The summed E-state index contributed by atoms with van der Waals surface area (Å²) in [5.41, 5.74) is -0.715. The molecule has 0 unspecified atom stereocenters. The van der Waals surface area contributed by atoms with Crippen LogP contribution in [0.15, 0.2) is 30.3 Å². The highest BCUT2D eigenvalue weighted by molar-refractivity contribution is 6.74. The van der Waals surface area contributed by atoms with Crippen LogP contribution >= 0.6 is 0 Å². The van der Waals surface area contributed by atoms with Crippen LogP contribution in [0.2, 0.25) is 18.1 Å². The molecule has 182 valence electrons. The highest BCUT2D eigenvalue weighted by Gasteiger charge is 2.68. The first-order chi connectivity index (χ1) is 15.4. The molecule has 1 saturated carbocycles. The van der Waals surface area contributed by atoms with E-state index in [1.165, 1.54) is 0 Å². The maximum Gasteiger partial charge on any atom is 0.338 e. The molecule has 4 rings (SSSR count). The van der Waals surface area contributed by atoms with E-state index in [-0.39, 0.29) is 41.5 Å². The summed E-state index contributed by atoms with van der Waals surface area (Å²) in [6.07, 6.45) is 2.64. The first-order valence-electron chi connectivity index (χ1n) is 12.2. The van der Waals surface area contributed by atoms with Gasteiger partial charge in [0.2, 0.25) is 0 Å². The molecule has 0 bridgehead atoms. The summed E-state index contributed by atoms with van der Waals surface area (Å²) < 4.78 is 25.2. The van der Waals surface area contributed by atoms with Crippen molar-refractivity contribution in [1.82, 2.24) is 0 Å². The van der Waals surface area contributed by atoms with Crippen molar-refractivity contribution in [3.63, 3.8) is 0 Å². The molecule has 5 atom stereocenters. The molecule has 6 nitrogen and oxygen atoms in total. The second kappa shape index (κ2) is 8.50. The van der Waals surface area contributed by atoms with Crippen molar-refractivity contribution in [1.29, 1.82) is 0 Å². The van der Waals surface area contributed by atoms with Crippen molar-refractivity contribution < 1.29 is 28.2 Å². The number of carbonyl (C=O) groups excluding carboxylic acids is 2. The molecule has 2 aliphatic heterocycles. The average Bonchev–Trinajstić information content (AvgIpc) is 3.05. The van der Waals surface area contributed by atoms with Crippen molar-refractivity contribution >= 4 is 20.3 Å². The molecule has 0 aromatic heterocycles. The summed E-state index contributed by atoms with van der Waals surface area (Å²) in [7, 11) is -2.00. The number of carbonyl (C=O) groups is 2. The highest BCUT2D eigenvalue weighted by Crippen LogP contribution is 2.56. The number of hydrogen-bond donors (Lipinski definition) is 0. The largest absolute Gasteiger partial charge is 0.459 e. The lowest BCUT2D eigenvalue weighted by molar-refractivity contribution is -0.155. The molecule has 3 fully saturated rings.